The predicted molar refractivity (Wildman–Crippen MR) is 140 cm³/mol. The third-order valence-electron chi connectivity index (χ3n) is 6.04. The average molecular weight is 487 g/mol. The highest BCUT2D eigenvalue weighted by Crippen LogP contribution is 2.16. The molecule has 0 heterocycles. The van der Waals surface area contributed by atoms with Crippen LogP contribution in [-0.4, -0.2) is 53.2 Å². The molecule has 0 saturated carbocycles. The fraction of sp³-hybridized carbons (Fsp3) is 0.885. The summed E-state index contributed by atoms with van der Waals surface area (Å²) < 4.78 is -0.871. The van der Waals surface area contributed by atoms with Gasteiger partial charge in [-0.1, -0.05) is 89.9 Å². The molecule has 0 aliphatic carbocycles. The van der Waals surface area contributed by atoms with E-state index < -0.39 is 10.7 Å². The van der Waals surface area contributed by atoms with Gasteiger partial charge in [0, 0.05) is 33.5 Å². The van der Waals surface area contributed by atoms with Gasteiger partial charge < -0.3 is 15.3 Å². The van der Waals surface area contributed by atoms with Gasteiger partial charge in [-0.05, 0) is 19.8 Å². The lowest BCUT2D eigenvalue weighted by molar-refractivity contribution is -0.137. The number of amides is 2. The van der Waals surface area contributed by atoms with E-state index in [1.165, 1.54) is 81.9 Å². The summed E-state index contributed by atoms with van der Waals surface area (Å²) in [5, 5.41) is 11.4. The molecule has 0 rings (SSSR count). The van der Waals surface area contributed by atoms with Crippen LogP contribution in [0.4, 0.5) is 0 Å². The number of aliphatic carboxylic acids is 1. The summed E-state index contributed by atoms with van der Waals surface area (Å²) in [7, 11) is 3.38. The van der Waals surface area contributed by atoms with E-state index in [1.807, 2.05) is 0 Å². The maximum atomic E-state index is 12.0. The molecule has 0 spiro atoms. The fourth-order valence-electron chi connectivity index (χ4n) is 3.95. The molecular formula is C26H50N2O4S. The van der Waals surface area contributed by atoms with Crippen LogP contribution in [-0.2, 0) is 14.4 Å². The second kappa shape index (κ2) is 20.2. The third-order valence-corrected chi connectivity index (χ3v) is 6.39. The molecule has 6 nitrogen and oxygen atoms in total. The van der Waals surface area contributed by atoms with E-state index in [2.05, 4.69) is 17.9 Å². The Kier molecular flexibility index (Phi) is 19.4. The number of carboxylic acid groups (broad SMARTS) is 1. The van der Waals surface area contributed by atoms with Gasteiger partial charge in [0.15, 0.2) is 0 Å². The smallest absolute Gasteiger partial charge is 0.303 e. The number of hydrogen-bond acceptors (Lipinski definition) is 4. The Balaban J connectivity index is 3.36. The number of rotatable bonds is 22. The average Bonchev–Trinajstić information content (AvgIpc) is 2.76. The minimum absolute atomic E-state index is 0.0000158. The van der Waals surface area contributed by atoms with Crippen LogP contribution in [0.2, 0.25) is 0 Å². The number of unbranched alkanes of at least 4 members (excludes halogenated alkanes) is 15. The molecule has 0 radical (unpaired) electrons. The normalized spacial score (nSPS) is 12.8. The van der Waals surface area contributed by atoms with Gasteiger partial charge in [-0.2, -0.15) is 12.6 Å². The topological polar surface area (TPSA) is 86.7 Å². The molecule has 0 saturated heterocycles. The minimum atomic E-state index is -0.871. The van der Waals surface area contributed by atoms with Crippen molar-refractivity contribution < 1.29 is 19.5 Å². The molecule has 0 aromatic heterocycles. The lowest BCUT2D eigenvalue weighted by Gasteiger charge is -2.26. The highest BCUT2D eigenvalue weighted by molar-refractivity contribution is 7.82. The number of nitrogens with one attached hydrogen (secondary N) is 1. The number of carbonyl (C=O) groups is 3. The van der Waals surface area contributed by atoms with E-state index in [-0.39, 0.29) is 18.4 Å². The third kappa shape index (κ3) is 19.9. The van der Waals surface area contributed by atoms with Gasteiger partial charge in [0.05, 0.1) is 0 Å². The van der Waals surface area contributed by atoms with Crippen molar-refractivity contribution >= 4 is 30.4 Å². The first-order chi connectivity index (χ1) is 15.7. The summed E-state index contributed by atoms with van der Waals surface area (Å²) >= 11 is 4.39. The SMILES string of the molecule is CN(C)C(=O)[C@@](C)(S)CNC(=O)CCCCCCCCCCCCCCCCCCC(=O)O. The molecular weight excluding hydrogens is 436 g/mol. The minimum Gasteiger partial charge on any atom is -0.481 e. The first-order valence-corrected chi connectivity index (χ1v) is 13.5. The molecule has 0 fully saturated rings. The zero-order chi connectivity index (χ0) is 25.0. The number of nitrogens with zero attached hydrogens (tertiary/aromatic N) is 1. The Morgan fingerprint density at radius 2 is 1.03 bits per heavy atom. The van der Waals surface area contributed by atoms with Crippen LogP contribution in [0, 0.1) is 0 Å². The van der Waals surface area contributed by atoms with Crippen LogP contribution in [0.15, 0.2) is 0 Å². The summed E-state index contributed by atoms with van der Waals surface area (Å²) in [6.07, 6.45) is 20.0. The van der Waals surface area contributed by atoms with E-state index in [1.54, 1.807) is 21.0 Å². The summed E-state index contributed by atoms with van der Waals surface area (Å²) in [4.78, 5) is 35.9. The van der Waals surface area contributed by atoms with Crippen LogP contribution >= 0.6 is 12.6 Å². The van der Waals surface area contributed by atoms with Crippen LogP contribution in [0.5, 0.6) is 0 Å². The molecule has 1 atom stereocenters. The van der Waals surface area contributed by atoms with Gasteiger partial charge in [-0.3, -0.25) is 14.4 Å². The Morgan fingerprint density at radius 1 is 0.697 bits per heavy atom. The van der Waals surface area contributed by atoms with E-state index in [0.717, 1.165) is 25.7 Å². The van der Waals surface area contributed by atoms with Crippen LogP contribution in [0.25, 0.3) is 0 Å². The summed E-state index contributed by atoms with van der Waals surface area (Å²) in [6.45, 7) is 1.98. The Hall–Kier alpha value is -1.24. The molecule has 194 valence electrons. The Morgan fingerprint density at radius 3 is 1.36 bits per heavy atom. The van der Waals surface area contributed by atoms with Gasteiger partial charge in [0.1, 0.15) is 4.75 Å². The maximum absolute atomic E-state index is 12.0. The van der Waals surface area contributed by atoms with Crippen molar-refractivity contribution in [1.29, 1.82) is 0 Å². The number of carboxylic acids is 1. The predicted octanol–water partition coefficient (Wildman–Crippen LogP) is 5.99. The number of carbonyl (C=O) groups excluding carboxylic acids is 2. The molecule has 0 aliphatic heterocycles. The lowest BCUT2D eigenvalue weighted by atomic mass is 10.0. The van der Waals surface area contributed by atoms with E-state index >= 15 is 0 Å². The van der Waals surface area contributed by atoms with Crippen molar-refractivity contribution in [1.82, 2.24) is 10.2 Å². The van der Waals surface area contributed by atoms with E-state index in [9.17, 15) is 14.4 Å². The molecule has 33 heavy (non-hydrogen) atoms. The summed E-state index contributed by atoms with van der Waals surface area (Å²) in [6, 6.07) is 0. The van der Waals surface area contributed by atoms with Gasteiger partial charge in [-0.25, -0.2) is 0 Å². The first-order valence-electron chi connectivity index (χ1n) is 13.1. The van der Waals surface area contributed by atoms with Crippen LogP contribution < -0.4 is 5.32 Å². The summed E-state index contributed by atoms with van der Waals surface area (Å²) in [5.41, 5.74) is 0. The van der Waals surface area contributed by atoms with E-state index in [0.29, 0.717) is 12.8 Å². The second-order valence-electron chi connectivity index (χ2n) is 9.80. The van der Waals surface area contributed by atoms with Crippen molar-refractivity contribution in [2.24, 2.45) is 0 Å². The van der Waals surface area contributed by atoms with Gasteiger partial charge >= 0.3 is 5.97 Å². The van der Waals surface area contributed by atoms with Gasteiger partial charge in [0.2, 0.25) is 11.8 Å². The van der Waals surface area contributed by atoms with Gasteiger partial charge in [0.25, 0.3) is 0 Å². The van der Waals surface area contributed by atoms with Crippen molar-refractivity contribution in [2.45, 2.75) is 127 Å². The fourth-order valence-corrected chi connectivity index (χ4v) is 4.23. The molecule has 7 heteroatoms. The van der Waals surface area contributed by atoms with Crippen LogP contribution in [0.3, 0.4) is 0 Å². The molecule has 2 N–H and O–H groups in total. The molecule has 0 bridgehead atoms. The first kappa shape index (κ1) is 31.8. The zero-order valence-electron chi connectivity index (χ0n) is 21.5. The van der Waals surface area contributed by atoms with Crippen molar-refractivity contribution in [3.63, 3.8) is 0 Å². The molecule has 0 aromatic carbocycles. The van der Waals surface area contributed by atoms with Crippen molar-refractivity contribution in [3.8, 4) is 0 Å². The second-order valence-corrected chi connectivity index (χ2v) is 10.8. The Labute approximate surface area is 208 Å². The molecule has 0 aromatic rings. The highest BCUT2D eigenvalue weighted by Gasteiger charge is 2.30. The van der Waals surface area contributed by atoms with Crippen molar-refractivity contribution in [2.75, 3.05) is 20.6 Å². The number of thiol groups is 1. The van der Waals surface area contributed by atoms with Gasteiger partial charge in [-0.15, -0.1) is 0 Å². The number of hydrogen-bond donors (Lipinski definition) is 3. The van der Waals surface area contributed by atoms with Crippen LogP contribution in [0.1, 0.15) is 122 Å². The lowest BCUT2D eigenvalue weighted by Crippen LogP contribution is -2.47. The quantitative estimate of drug-likeness (QED) is 0.130. The summed E-state index contributed by atoms with van der Waals surface area (Å²) in [5.74, 6) is -0.781. The Bertz CT molecular complexity index is 538. The monoisotopic (exact) mass is 486 g/mol. The molecule has 2 amide bonds. The van der Waals surface area contributed by atoms with E-state index in [4.69, 9.17) is 5.11 Å². The highest BCUT2D eigenvalue weighted by atomic mass is 32.1. The van der Waals surface area contributed by atoms with Crippen molar-refractivity contribution in [3.05, 3.63) is 0 Å². The maximum Gasteiger partial charge on any atom is 0.303 e. The molecule has 0 aliphatic rings. The molecule has 0 unspecified atom stereocenters. The zero-order valence-corrected chi connectivity index (χ0v) is 22.4. The standard InChI is InChI=1S/C26H50N2O4S/c1-26(33,25(32)28(2)3)22-27-23(29)20-18-16-14-12-10-8-6-4-5-7-9-11-13-15-17-19-21-24(30)31/h33H,4-22H2,1-3H3,(H,27,29)(H,30,31)/t26-/m0/s1. The largest absolute Gasteiger partial charge is 0.481 e.